The van der Waals surface area contributed by atoms with Crippen LogP contribution in [0.1, 0.15) is 45.4 Å². The average molecular weight is 239 g/mol. The number of amides is 1. The third kappa shape index (κ3) is 2.79. The molecule has 2 saturated carbocycles. The van der Waals surface area contributed by atoms with Gasteiger partial charge in [-0.1, -0.05) is 6.92 Å². The van der Waals surface area contributed by atoms with Gasteiger partial charge < -0.3 is 10.4 Å². The van der Waals surface area contributed by atoms with Gasteiger partial charge in [0, 0.05) is 6.04 Å². The van der Waals surface area contributed by atoms with E-state index in [9.17, 15) is 9.59 Å². The van der Waals surface area contributed by atoms with Crippen molar-refractivity contribution in [3.63, 3.8) is 0 Å². The van der Waals surface area contributed by atoms with Gasteiger partial charge in [0.05, 0.1) is 11.8 Å². The first-order chi connectivity index (χ1) is 8.08. The molecule has 2 N–H and O–H groups in total. The number of carbonyl (C=O) groups excluding carboxylic acids is 1. The summed E-state index contributed by atoms with van der Waals surface area (Å²) in [6.07, 6.45) is 5.78. The number of aliphatic carboxylic acids is 1. The Morgan fingerprint density at radius 3 is 2.06 bits per heavy atom. The van der Waals surface area contributed by atoms with E-state index < -0.39 is 11.9 Å². The highest BCUT2D eigenvalue weighted by atomic mass is 16.4. The molecular formula is C13H21NO3. The van der Waals surface area contributed by atoms with Gasteiger partial charge in [0.15, 0.2) is 0 Å². The van der Waals surface area contributed by atoms with Gasteiger partial charge >= 0.3 is 5.97 Å². The van der Waals surface area contributed by atoms with Crippen LogP contribution in [-0.4, -0.2) is 23.0 Å². The van der Waals surface area contributed by atoms with Crippen LogP contribution in [0.25, 0.3) is 0 Å². The van der Waals surface area contributed by atoms with Crippen LogP contribution in [-0.2, 0) is 9.59 Å². The molecule has 0 radical (unpaired) electrons. The van der Waals surface area contributed by atoms with E-state index in [0.29, 0.717) is 6.42 Å². The van der Waals surface area contributed by atoms with Gasteiger partial charge in [-0.15, -0.1) is 0 Å². The Bertz CT molecular complexity index is 308. The Balaban J connectivity index is 1.79. The van der Waals surface area contributed by atoms with Crippen molar-refractivity contribution in [2.75, 3.05) is 0 Å². The van der Waals surface area contributed by atoms with E-state index in [-0.39, 0.29) is 17.9 Å². The number of hydrogen-bond donors (Lipinski definition) is 2. The van der Waals surface area contributed by atoms with Gasteiger partial charge in [-0.3, -0.25) is 9.59 Å². The molecule has 0 spiro atoms. The lowest BCUT2D eigenvalue weighted by molar-refractivity contribution is -0.153. The van der Waals surface area contributed by atoms with Crippen molar-refractivity contribution in [3.8, 4) is 0 Å². The monoisotopic (exact) mass is 239 g/mol. The van der Waals surface area contributed by atoms with Crippen molar-refractivity contribution >= 4 is 11.9 Å². The molecule has 4 nitrogen and oxygen atoms in total. The van der Waals surface area contributed by atoms with E-state index >= 15 is 0 Å². The minimum absolute atomic E-state index is 0.0387. The number of carboxylic acid groups (broad SMARTS) is 1. The molecular weight excluding hydrogens is 218 g/mol. The Kier molecular flexibility index (Phi) is 3.69. The van der Waals surface area contributed by atoms with Gasteiger partial charge in [-0.05, 0) is 44.4 Å². The predicted octanol–water partition coefficient (Wildman–Crippen LogP) is 1.79. The summed E-state index contributed by atoms with van der Waals surface area (Å²) in [6, 6.07) is 0.272. The molecule has 4 heteroatoms. The van der Waals surface area contributed by atoms with E-state index in [1.807, 2.05) is 0 Å². The van der Waals surface area contributed by atoms with Crippen molar-refractivity contribution < 1.29 is 14.7 Å². The maximum Gasteiger partial charge on any atom is 0.307 e. The lowest BCUT2D eigenvalue weighted by Crippen LogP contribution is -2.47. The lowest BCUT2D eigenvalue weighted by Gasteiger charge is -2.34. The zero-order valence-electron chi connectivity index (χ0n) is 10.3. The van der Waals surface area contributed by atoms with Crippen LogP contribution in [0.2, 0.25) is 0 Å². The average Bonchev–Trinajstić information content (AvgIpc) is 2.18. The lowest BCUT2D eigenvalue weighted by atomic mass is 9.73. The van der Waals surface area contributed by atoms with Crippen LogP contribution in [0.4, 0.5) is 0 Å². The van der Waals surface area contributed by atoms with Gasteiger partial charge in [-0.2, -0.15) is 0 Å². The predicted molar refractivity (Wildman–Crippen MR) is 63.4 cm³/mol. The standard InChI is InChI=1S/C13H21NO3/c1-8-2-4-9(5-3-8)14-12(15)10-6-7-11(10)13(16)17/h8-11H,2-7H2,1H3,(H,14,15)(H,16,17). The summed E-state index contributed by atoms with van der Waals surface area (Å²) in [5.41, 5.74) is 0. The molecule has 0 heterocycles. The molecule has 0 aromatic carbocycles. The first-order valence-corrected chi connectivity index (χ1v) is 6.61. The minimum atomic E-state index is -0.825. The molecule has 0 aliphatic heterocycles. The van der Waals surface area contributed by atoms with E-state index in [1.54, 1.807) is 0 Å². The third-order valence-electron chi connectivity index (χ3n) is 4.29. The van der Waals surface area contributed by atoms with Gasteiger partial charge in [-0.25, -0.2) is 0 Å². The highest BCUT2D eigenvalue weighted by molar-refractivity contribution is 5.86. The molecule has 2 unspecified atom stereocenters. The van der Waals surface area contributed by atoms with Crippen molar-refractivity contribution in [3.05, 3.63) is 0 Å². The zero-order valence-corrected chi connectivity index (χ0v) is 10.3. The Labute approximate surface area is 102 Å². The van der Waals surface area contributed by atoms with Crippen LogP contribution >= 0.6 is 0 Å². The SMILES string of the molecule is CC1CCC(NC(=O)C2CCC2C(=O)O)CC1. The summed E-state index contributed by atoms with van der Waals surface area (Å²) >= 11 is 0. The minimum Gasteiger partial charge on any atom is -0.481 e. The molecule has 96 valence electrons. The molecule has 1 amide bonds. The number of rotatable bonds is 3. The fourth-order valence-electron chi connectivity index (χ4n) is 2.82. The molecule has 2 rings (SSSR count). The molecule has 2 aliphatic carbocycles. The summed E-state index contributed by atoms with van der Waals surface area (Å²) < 4.78 is 0. The summed E-state index contributed by atoms with van der Waals surface area (Å²) in [5.74, 6) is -0.833. The first-order valence-electron chi connectivity index (χ1n) is 6.61. The second kappa shape index (κ2) is 5.07. The fraction of sp³-hybridized carbons (Fsp3) is 0.846. The quantitative estimate of drug-likeness (QED) is 0.789. The normalized spacial score (nSPS) is 37.0. The molecule has 2 atom stereocenters. The summed E-state index contributed by atoms with van der Waals surface area (Å²) in [5, 5.41) is 11.9. The van der Waals surface area contributed by atoms with E-state index in [4.69, 9.17) is 5.11 Å². The van der Waals surface area contributed by atoms with Gasteiger partial charge in [0.25, 0.3) is 0 Å². The summed E-state index contributed by atoms with van der Waals surface area (Å²) in [4.78, 5) is 22.8. The molecule has 0 aromatic rings. The molecule has 0 saturated heterocycles. The summed E-state index contributed by atoms with van der Waals surface area (Å²) in [7, 11) is 0. The molecule has 0 aromatic heterocycles. The van der Waals surface area contributed by atoms with E-state index in [0.717, 1.165) is 38.0 Å². The number of carboxylic acids is 1. The second-order valence-electron chi connectivity index (χ2n) is 5.59. The van der Waals surface area contributed by atoms with Crippen molar-refractivity contribution in [2.24, 2.45) is 17.8 Å². The molecule has 2 fully saturated rings. The Hall–Kier alpha value is -1.06. The van der Waals surface area contributed by atoms with E-state index in [1.165, 1.54) is 0 Å². The maximum absolute atomic E-state index is 11.9. The number of hydrogen-bond acceptors (Lipinski definition) is 2. The second-order valence-corrected chi connectivity index (χ2v) is 5.59. The zero-order chi connectivity index (χ0) is 12.4. The smallest absolute Gasteiger partial charge is 0.307 e. The number of carbonyl (C=O) groups is 2. The molecule has 0 bridgehead atoms. The Morgan fingerprint density at radius 2 is 1.59 bits per heavy atom. The Morgan fingerprint density at radius 1 is 1.00 bits per heavy atom. The van der Waals surface area contributed by atoms with Gasteiger partial charge in [0.1, 0.15) is 0 Å². The van der Waals surface area contributed by atoms with E-state index in [2.05, 4.69) is 12.2 Å². The van der Waals surface area contributed by atoms with Crippen molar-refractivity contribution in [2.45, 2.75) is 51.5 Å². The highest BCUT2D eigenvalue weighted by Gasteiger charge is 2.41. The topological polar surface area (TPSA) is 66.4 Å². The summed E-state index contributed by atoms with van der Waals surface area (Å²) in [6.45, 7) is 2.24. The van der Waals surface area contributed by atoms with Gasteiger partial charge in [0.2, 0.25) is 5.91 Å². The van der Waals surface area contributed by atoms with Crippen LogP contribution in [0.3, 0.4) is 0 Å². The third-order valence-corrected chi connectivity index (χ3v) is 4.29. The maximum atomic E-state index is 11.9. The van der Waals surface area contributed by atoms with Crippen LogP contribution in [0.5, 0.6) is 0 Å². The van der Waals surface area contributed by atoms with Crippen LogP contribution < -0.4 is 5.32 Å². The molecule has 2 aliphatic rings. The fourth-order valence-corrected chi connectivity index (χ4v) is 2.82. The number of nitrogens with one attached hydrogen (secondary N) is 1. The largest absolute Gasteiger partial charge is 0.481 e. The van der Waals surface area contributed by atoms with Crippen LogP contribution in [0, 0.1) is 17.8 Å². The first kappa shape index (κ1) is 12.4. The van der Waals surface area contributed by atoms with Crippen molar-refractivity contribution in [1.29, 1.82) is 0 Å². The highest BCUT2D eigenvalue weighted by Crippen LogP contribution is 2.35. The van der Waals surface area contributed by atoms with Crippen LogP contribution in [0.15, 0.2) is 0 Å². The van der Waals surface area contributed by atoms with Crippen molar-refractivity contribution in [1.82, 2.24) is 5.32 Å². The molecule has 17 heavy (non-hydrogen) atoms.